The van der Waals surface area contributed by atoms with E-state index in [1.54, 1.807) is 54.6 Å². The molecule has 33 heavy (non-hydrogen) atoms. The van der Waals surface area contributed by atoms with Crippen LogP contribution >= 0.6 is 0 Å². The highest BCUT2D eigenvalue weighted by Crippen LogP contribution is 2.31. The summed E-state index contributed by atoms with van der Waals surface area (Å²) in [5.41, 5.74) is 4.72. The third kappa shape index (κ3) is 3.36. The van der Waals surface area contributed by atoms with E-state index in [2.05, 4.69) is 4.99 Å². The molecule has 0 spiro atoms. The van der Waals surface area contributed by atoms with Gasteiger partial charge < -0.3 is 0 Å². The summed E-state index contributed by atoms with van der Waals surface area (Å²) >= 11 is 0. The van der Waals surface area contributed by atoms with Crippen molar-refractivity contribution in [2.24, 2.45) is 10.9 Å². The SMILES string of the molecule is Cc1ccc(C2=CC(c3ccc(N4C(=O)c5ccccc5C4=O)cc3)=NC(=O)C2C#N)cc1. The van der Waals surface area contributed by atoms with Crippen molar-refractivity contribution < 1.29 is 14.4 Å². The Hall–Kier alpha value is -4.63. The molecule has 0 saturated carbocycles. The predicted octanol–water partition coefficient (Wildman–Crippen LogP) is 4.35. The standard InChI is InChI=1S/C27H17N3O3/c1-16-6-8-17(9-7-16)22-14-24(29-25(31)23(22)15-28)18-10-12-19(13-11-18)30-26(32)20-4-2-3-5-21(20)27(30)33/h2-14,23H,1H3. The smallest absolute Gasteiger partial charge is 0.268 e. The molecule has 6 nitrogen and oxygen atoms in total. The first kappa shape index (κ1) is 20.3. The van der Waals surface area contributed by atoms with Crippen molar-refractivity contribution in [3.8, 4) is 6.07 Å². The van der Waals surface area contributed by atoms with Gasteiger partial charge in [0.25, 0.3) is 17.7 Å². The zero-order chi connectivity index (χ0) is 23.1. The average Bonchev–Trinajstić information content (AvgIpc) is 3.09. The molecule has 3 aromatic rings. The number of allylic oxidation sites excluding steroid dienone is 1. The van der Waals surface area contributed by atoms with E-state index < -0.39 is 11.8 Å². The van der Waals surface area contributed by atoms with E-state index in [-0.39, 0.29) is 11.8 Å². The highest BCUT2D eigenvalue weighted by Gasteiger charge is 2.36. The number of nitriles is 1. The molecule has 0 aliphatic carbocycles. The number of anilines is 1. The van der Waals surface area contributed by atoms with Gasteiger partial charge in [-0.1, -0.05) is 54.1 Å². The zero-order valence-corrected chi connectivity index (χ0v) is 17.6. The number of rotatable bonds is 3. The van der Waals surface area contributed by atoms with E-state index in [9.17, 15) is 19.6 Å². The summed E-state index contributed by atoms with van der Waals surface area (Å²) in [7, 11) is 0. The van der Waals surface area contributed by atoms with Gasteiger partial charge in [-0.05, 0) is 48.4 Å². The van der Waals surface area contributed by atoms with E-state index in [0.29, 0.717) is 33.7 Å². The molecule has 0 aromatic heterocycles. The molecular formula is C27H17N3O3. The normalized spacial score (nSPS) is 17.4. The lowest BCUT2D eigenvalue weighted by molar-refractivity contribution is -0.118. The largest absolute Gasteiger partial charge is 0.271 e. The van der Waals surface area contributed by atoms with Crippen molar-refractivity contribution in [1.82, 2.24) is 0 Å². The van der Waals surface area contributed by atoms with Gasteiger partial charge in [-0.3, -0.25) is 14.4 Å². The van der Waals surface area contributed by atoms with Crippen LogP contribution in [0.1, 0.15) is 37.4 Å². The van der Waals surface area contributed by atoms with Crippen LogP contribution in [0.4, 0.5) is 5.69 Å². The number of nitrogens with zero attached hydrogens (tertiary/aromatic N) is 3. The van der Waals surface area contributed by atoms with Gasteiger partial charge >= 0.3 is 0 Å². The monoisotopic (exact) mass is 431 g/mol. The van der Waals surface area contributed by atoms with Crippen molar-refractivity contribution in [2.75, 3.05) is 4.90 Å². The second-order valence-corrected chi connectivity index (χ2v) is 7.90. The van der Waals surface area contributed by atoms with Crippen LogP contribution in [0, 0.1) is 24.2 Å². The summed E-state index contributed by atoms with van der Waals surface area (Å²) in [6.45, 7) is 1.97. The van der Waals surface area contributed by atoms with Crippen LogP contribution in [-0.4, -0.2) is 23.4 Å². The topological polar surface area (TPSA) is 90.6 Å². The van der Waals surface area contributed by atoms with Gasteiger partial charge in [0.2, 0.25) is 0 Å². The quantitative estimate of drug-likeness (QED) is 0.577. The number of dihydropyridines is 1. The van der Waals surface area contributed by atoms with Gasteiger partial charge in [0.15, 0.2) is 5.92 Å². The maximum absolute atomic E-state index is 12.7. The van der Waals surface area contributed by atoms with Crippen LogP contribution < -0.4 is 4.90 Å². The molecule has 2 aliphatic heterocycles. The first-order valence-electron chi connectivity index (χ1n) is 10.4. The number of carbonyl (C=O) groups is 3. The summed E-state index contributed by atoms with van der Waals surface area (Å²) in [6.07, 6.45) is 1.75. The van der Waals surface area contributed by atoms with Crippen molar-refractivity contribution in [1.29, 1.82) is 5.26 Å². The van der Waals surface area contributed by atoms with Crippen molar-refractivity contribution in [3.05, 3.63) is 107 Å². The Labute approximate surface area is 190 Å². The van der Waals surface area contributed by atoms with Crippen LogP contribution in [0.15, 0.2) is 83.9 Å². The lowest BCUT2D eigenvalue weighted by atomic mass is 9.88. The van der Waals surface area contributed by atoms with Gasteiger partial charge in [-0.15, -0.1) is 0 Å². The molecule has 6 heteroatoms. The van der Waals surface area contributed by atoms with Gasteiger partial charge in [-0.2, -0.15) is 5.26 Å². The Morgan fingerprint density at radius 3 is 1.97 bits per heavy atom. The average molecular weight is 431 g/mol. The highest BCUT2D eigenvalue weighted by atomic mass is 16.2. The van der Waals surface area contributed by atoms with Crippen LogP contribution in [0.25, 0.3) is 5.57 Å². The van der Waals surface area contributed by atoms with Crippen LogP contribution in [0.5, 0.6) is 0 Å². The Morgan fingerprint density at radius 1 is 0.818 bits per heavy atom. The molecule has 0 fully saturated rings. The Bertz CT molecular complexity index is 1390. The molecule has 5 rings (SSSR count). The highest BCUT2D eigenvalue weighted by molar-refractivity contribution is 6.34. The fraction of sp³-hybridized carbons (Fsp3) is 0.0741. The summed E-state index contributed by atoms with van der Waals surface area (Å²) in [5.74, 6) is -2.22. The third-order valence-electron chi connectivity index (χ3n) is 5.81. The van der Waals surface area contributed by atoms with E-state index in [1.165, 1.54) is 0 Å². The van der Waals surface area contributed by atoms with E-state index in [4.69, 9.17) is 0 Å². The third-order valence-corrected chi connectivity index (χ3v) is 5.81. The summed E-state index contributed by atoms with van der Waals surface area (Å²) in [6, 6.07) is 23.1. The Balaban J connectivity index is 1.49. The van der Waals surface area contributed by atoms with Crippen LogP contribution in [-0.2, 0) is 4.79 Å². The number of aryl methyl sites for hydroxylation is 1. The first-order valence-corrected chi connectivity index (χ1v) is 10.4. The molecule has 2 aliphatic rings. The number of aliphatic imine (C=N–C) groups is 1. The number of benzene rings is 3. The van der Waals surface area contributed by atoms with Crippen molar-refractivity contribution in [2.45, 2.75) is 6.92 Å². The van der Waals surface area contributed by atoms with Gasteiger partial charge in [0.05, 0.1) is 28.6 Å². The molecule has 3 amide bonds. The molecule has 158 valence electrons. The van der Waals surface area contributed by atoms with Crippen LogP contribution in [0.3, 0.4) is 0 Å². The first-order chi connectivity index (χ1) is 16.0. The molecule has 0 N–H and O–H groups in total. The van der Waals surface area contributed by atoms with Crippen LogP contribution in [0.2, 0.25) is 0 Å². The fourth-order valence-electron chi connectivity index (χ4n) is 4.05. The molecule has 3 aromatic carbocycles. The predicted molar refractivity (Wildman–Crippen MR) is 124 cm³/mol. The number of carbonyl (C=O) groups excluding carboxylic acids is 3. The molecular weight excluding hydrogens is 414 g/mol. The van der Waals surface area contributed by atoms with E-state index in [1.807, 2.05) is 37.3 Å². The lowest BCUT2D eigenvalue weighted by Gasteiger charge is -2.18. The number of amides is 3. The minimum Gasteiger partial charge on any atom is -0.271 e. The maximum Gasteiger partial charge on any atom is 0.268 e. The molecule has 1 atom stereocenters. The number of hydrogen-bond donors (Lipinski definition) is 0. The van der Waals surface area contributed by atoms with Crippen molar-refractivity contribution >= 4 is 34.7 Å². The van der Waals surface area contributed by atoms with Crippen molar-refractivity contribution in [3.63, 3.8) is 0 Å². The van der Waals surface area contributed by atoms with Gasteiger partial charge in [0, 0.05) is 5.56 Å². The summed E-state index contributed by atoms with van der Waals surface area (Å²) in [5, 5.41) is 9.54. The fourth-order valence-corrected chi connectivity index (χ4v) is 4.05. The van der Waals surface area contributed by atoms with E-state index in [0.717, 1.165) is 16.0 Å². The summed E-state index contributed by atoms with van der Waals surface area (Å²) < 4.78 is 0. The molecule has 1 unspecified atom stereocenters. The van der Waals surface area contributed by atoms with E-state index >= 15 is 0 Å². The number of imide groups is 1. The molecule has 0 radical (unpaired) electrons. The summed E-state index contributed by atoms with van der Waals surface area (Å²) in [4.78, 5) is 43.3. The maximum atomic E-state index is 12.7. The lowest BCUT2D eigenvalue weighted by Crippen LogP contribution is -2.29. The zero-order valence-electron chi connectivity index (χ0n) is 17.6. The Kier molecular flexibility index (Phi) is 4.80. The molecule has 0 bridgehead atoms. The molecule has 2 heterocycles. The molecule has 0 saturated heterocycles. The number of hydrogen-bond acceptors (Lipinski definition) is 4. The minimum absolute atomic E-state index is 0.369. The second kappa shape index (κ2) is 7.81. The van der Waals surface area contributed by atoms with Gasteiger partial charge in [-0.25, -0.2) is 9.89 Å². The number of fused-ring (bicyclic) bond motifs is 1. The Morgan fingerprint density at radius 2 is 1.39 bits per heavy atom. The van der Waals surface area contributed by atoms with Gasteiger partial charge in [0.1, 0.15) is 0 Å². The minimum atomic E-state index is -0.964. The second-order valence-electron chi connectivity index (χ2n) is 7.90.